The lowest BCUT2D eigenvalue weighted by molar-refractivity contribution is -0.117. The van der Waals surface area contributed by atoms with Crippen molar-refractivity contribution in [1.29, 1.82) is 5.26 Å². The number of methoxy groups -OCH3 is 2. The molecule has 8 heteroatoms. The highest BCUT2D eigenvalue weighted by Crippen LogP contribution is 2.29. The second kappa shape index (κ2) is 11.4. The van der Waals surface area contributed by atoms with Crippen LogP contribution in [0.25, 0.3) is 0 Å². The number of ether oxygens (including phenoxy) is 2. The molecule has 1 unspecified atom stereocenters. The molecule has 0 heterocycles. The van der Waals surface area contributed by atoms with Crippen LogP contribution in [-0.4, -0.2) is 39.6 Å². The summed E-state index contributed by atoms with van der Waals surface area (Å²) in [5.74, 6) is 0.682. The van der Waals surface area contributed by atoms with Crippen molar-refractivity contribution in [3.63, 3.8) is 0 Å². The van der Waals surface area contributed by atoms with E-state index in [0.717, 1.165) is 5.56 Å². The molecule has 0 aliphatic rings. The molecule has 1 rings (SSSR count). The highest BCUT2D eigenvalue weighted by Gasteiger charge is 2.15. The van der Waals surface area contributed by atoms with Gasteiger partial charge in [-0.1, -0.05) is 6.07 Å². The summed E-state index contributed by atoms with van der Waals surface area (Å²) in [5.41, 5.74) is 0.793. The minimum absolute atomic E-state index is 0.0272. The van der Waals surface area contributed by atoms with Gasteiger partial charge >= 0.3 is 0 Å². The monoisotopic (exact) mass is 360 g/mol. The van der Waals surface area contributed by atoms with Crippen molar-refractivity contribution in [2.75, 3.05) is 27.3 Å². The predicted molar refractivity (Wildman–Crippen MR) is 96.5 cm³/mol. The molecule has 8 nitrogen and oxygen atoms in total. The minimum Gasteiger partial charge on any atom is -0.493 e. The molecule has 0 radical (unpaired) electrons. The fraction of sp³-hybridized carbons (Fsp3) is 0.389. The smallest absolute Gasteiger partial charge is 0.263 e. The summed E-state index contributed by atoms with van der Waals surface area (Å²) in [5, 5.41) is 17.3. The van der Waals surface area contributed by atoms with Crippen molar-refractivity contribution < 1.29 is 19.1 Å². The van der Waals surface area contributed by atoms with Crippen LogP contribution in [0.4, 0.5) is 0 Å². The van der Waals surface area contributed by atoms with Crippen molar-refractivity contribution in [2.45, 2.75) is 19.4 Å². The molecule has 26 heavy (non-hydrogen) atoms. The van der Waals surface area contributed by atoms with Crippen LogP contribution in [0.5, 0.6) is 11.5 Å². The first-order valence-electron chi connectivity index (χ1n) is 8.10. The van der Waals surface area contributed by atoms with Gasteiger partial charge in [0.05, 0.1) is 20.3 Å². The van der Waals surface area contributed by atoms with E-state index in [0.29, 0.717) is 37.4 Å². The van der Waals surface area contributed by atoms with Gasteiger partial charge in [0.25, 0.3) is 5.91 Å². The van der Waals surface area contributed by atoms with Crippen molar-refractivity contribution in [3.8, 4) is 17.6 Å². The quantitative estimate of drug-likeness (QED) is 0.235. The van der Waals surface area contributed by atoms with Gasteiger partial charge in [-0.05, 0) is 31.0 Å². The number of rotatable bonds is 11. The van der Waals surface area contributed by atoms with Crippen LogP contribution < -0.4 is 25.4 Å². The number of nitriles is 1. The van der Waals surface area contributed by atoms with Crippen molar-refractivity contribution in [1.82, 2.24) is 16.0 Å². The first-order chi connectivity index (χ1) is 12.6. The fourth-order valence-electron chi connectivity index (χ4n) is 2.15. The molecular formula is C18H24N4O4. The van der Waals surface area contributed by atoms with Gasteiger partial charge in [-0.3, -0.25) is 9.59 Å². The number of carbonyl (C=O) groups excluding carboxylic acids is 2. The molecule has 0 spiro atoms. The molecular weight excluding hydrogens is 336 g/mol. The lowest BCUT2D eigenvalue weighted by Crippen LogP contribution is -2.28. The first-order valence-corrected chi connectivity index (χ1v) is 8.10. The Hall–Kier alpha value is -3.21. The molecule has 0 bridgehead atoms. The molecule has 1 atom stereocenters. The Balaban J connectivity index is 2.66. The SMILES string of the molecule is COc1ccc(C(C)NC(=O)/C(C#N)=C\NCCCNC=O)cc1OC. The standard InChI is InChI=1S/C18H24N4O4/c1-13(14-5-6-16(25-2)17(9-14)26-3)22-18(24)15(10-19)11-20-7-4-8-21-12-23/h5-6,9,11-13,20H,4,7-8H2,1-3H3,(H,21,23)(H,22,24)/b15-11-. The second-order valence-electron chi connectivity index (χ2n) is 5.36. The Morgan fingerprint density at radius 3 is 2.54 bits per heavy atom. The highest BCUT2D eigenvalue weighted by atomic mass is 16.5. The molecule has 0 aliphatic heterocycles. The Kier molecular flexibility index (Phi) is 9.10. The van der Waals surface area contributed by atoms with Gasteiger partial charge in [-0.25, -0.2) is 0 Å². The highest BCUT2D eigenvalue weighted by molar-refractivity contribution is 5.97. The van der Waals surface area contributed by atoms with Crippen molar-refractivity contribution in [3.05, 3.63) is 35.5 Å². The molecule has 0 saturated carbocycles. The Labute approximate surface area is 153 Å². The zero-order valence-electron chi connectivity index (χ0n) is 15.2. The van der Waals surface area contributed by atoms with Crippen LogP contribution in [0.2, 0.25) is 0 Å². The number of hydrogen-bond donors (Lipinski definition) is 3. The molecule has 1 aromatic rings. The van der Waals surface area contributed by atoms with Gasteiger partial charge in [-0.2, -0.15) is 5.26 Å². The summed E-state index contributed by atoms with van der Waals surface area (Å²) in [7, 11) is 3.09. The second-order valence-corrected chi connectivity index (χ2v) is 5.36. The molecule has 0 saturated heterocycles. The predicted octanol–water partition coefficient (Wildman–Crippen LogP) is 1.01. The summed E-state index contributed by atoms with van der Waals surface area (Å²) < 4.78 is 10.4. The Bertz CT molecular complexity index is 682. The molecule has 1 aromatic carbocycles. The summed E-state index contributed by atoms with van der Waals surface area (Å²) in [6.07, 6.45) is 2.68. The first kappa shape index (κ1) is 20.8. The number of nitrogens with zero attached hydrogens (tertiary/aromatic N) is 1. The van der Waals surface area contributed by atoms with Gasteiger partial charge < -0.3 is 25.4 Å². The van der Waals surface area contributed by atoms with Crippen molar-refractivity contribution >= 4 is 12.3 Å². The third-order valence-electron chi connectivity index (χ3n) is 3.59. The van der Waals surface area contributed by atoms with E-state index >= 15 is 0 Å². The number of carbonyl (C=O) groups is 2. The largest absolute Gasteiger partial charge is 0.493 e. The Morgan fingerprint density at radius 2 is 1.92 bits per heavy atom. The normalized spacial score (nSPS) is 11.7. The number of hydrogen-bond acceptors (Lipinski definition) is 6. The molecule has 3 N–H and O–H groups in total. The van der Waals surface area contributed by atoms with Gasteiger partial charge in [0.2, 0.25) is 6.41 Å². The number of amides is 2. The van der Waals surface area contributed by atoms with Crippen LogP contribution >= 0.6 is 0 Å². The molecule has 0 aromatic heterocycles. The summed E-state index contributed by atoms with van der Waals surface area (Å²) in [6, 6.07) is 6.90. The van der Waals surface area contributed by atoms with Crippen molar-refractivity contribution in [2.24, 2.45) is 0 Å². The third-order valence-corrected chi connectivity index (χ3v) is 3.59. The van der Waals surface area contributed by atoms with Crippen LogP contribution in [0.15, 0.2) is 30.0 Å². The summed E-state index contributed by atoms with van der Waals surface area (Å²) in [4.78, 5) is 22.4. The maximum Gasteiger partial charge on any atom is 0.263 e. The van der Waals surface area contributed by atoms with E-state index in [-0.39, 0.29) is 11.6 Å². The van der Waals surface area contributed by atoms with E-state index in [9.17, 15) is 9.59 Å². The van der Waals surface area contributed by atoms with Crippen LogP contribution in [-0.2, 0) is 9.59 Å². The zero-order chi connectivity index (χ0) is 19.4. The maximum absolute atomic E-state index is 12.2. The van der Waals surface area contributed by atoms with Gasteiger partial charge in [0, 0.05) is 19.3 Å². The van der Waals surface area contributed by atoms with Gasteiger partial charge in [-0.15, -0.1) is 0 Å². The molecule has 0 aliphatic carbocycles. The minimum atomic E-state index is -0.478. The van der Waals surface area contributed by atoms with Crippen LogP contribution in [0, 0.1) is 11.3 Å². The average molecular weight is 360 g/mol. The van der Waals surface area contributed by atoms with Crippen LogP contribution in [0.3, 0.4) is 0 Å². The topological polar surface area (TPSA) is 112 Å². The Morgan fingerprint density at radius 1 is 1.23 bits per heavy atom. The lowest BCUT2D eigenvalue weighted by Gasteiger charge is -2.16. The summed E-state index contributed by atoms with van der Waals surface area (Å²) >= 11 is 0. The van der Waals surface area contributed by atoms with E-state index in [2.05, 4.69) is 16.0 Å². The molecule has 0 fully saturated rings. The maximum atomic E-state index is 12.2. The average Bonchev–Trinajstić information content (AvgIpc) is 2.66. The van der Waals surface area contributed by atoms with E-state index < -0.39 is 5.91 Å². The van der Waals surface area contributed by atoms with Gasteiger partial charge in [0.15, 0.2) is 11.5 Å². The van der Waals surface area contributed by atoms with E-state index in [1.165, 1.54) is 13.3 Å². The number of nitrogens with one attached hydrogen (secondary N) is 3. The van der Waals surface area contributed by atoms with Crippen LogP contribution in [0.1, 0.15) is 24.9 Å². The van der Waals surface area contributed by atoms with Gasteiger partial charge in [0.1, 0.15) is 11.6 Å². The third kappa shape index (κ3) is 6.36. The fourth-order valence-corrected chi connectivity index (χ4v) is 2.15. The van der Waals surface area contributed by atoms with E-state index in [4.69, 9.17) is 14.7 Å². The lowest BCUT2D eigenvalue weighted by atomic mass is 10.1. The molecule has 140 valence electrons. The van der Waals surface area contributed by atoms with E-state index in [1.54, 1.807) is 19.2 Å². The summed E-state index contributed by atoms with van der Waals surface area (Å²) in [6.45, 7) is 2.87. The number of benzene rings is 1. The zero-order valence-corrected chi connectivity index (χ0v) is 15.2. The van der Waals surface area contributed by atoms with E-state index in [1.807, 2.05) is 19.1 Å². The molecule has 2 amide bonds.